The third kappa shape index (κ3) is 11.7. The standard InChI is InChI=1S/C70H64N4O/c1-11-19-58(34-48(2)3)71(59-27-12-20-49(4)35-59)66-42-56(43-67(46-66)72(60-28-13-21-50(5)36-60)61-29-14-22-51(6)37-61)70(75)57-44-68(73(62-30-15-23-52(7)38-62)63-31-16-24-53(8)39-63)47-69(45-57)74(64-32-17-25-54(9)40-64)65-33-18-26-55(10)41-65/h1,12-47H,2-10H3. The minimum absolute atomic E-state index is 0.148. The van der Waals surface area contributed by atoms with Crippen molar-refractivity contribution < 1.29 is 4.79 Å². The molecule has 9 rings (SSSR count). The Hall–Kier alpha value is -9.11. The van der Waals surface area contributed by atoms with Crippen molar-refractivity contribution in [1.29, 1.82) is 0 Å². The summed E-state index contributed by atoms with van der Waals surface area (Å²) in [4.78, 5) is 25.4. The molecule has 0 aromatic heterocycles. The van der Waals surface area contributed by atoms with E-state index in [9.17, 15) is 0 Å². The molecule has 9 aromatic rings. The van der Waals surface area contributed by atoms with Crippen LogP contribution in [0.5, 0.6) is 0 Å². The largest absolute Gasteiger partial charge is 0.310 e. The van der Waals surface area contributed by atoms with Gasteiger partial charge in [0.25, 0.3) is 0 Å². The normalized spacial score (nSPS) is 11.1. The molecule has 0 amide bonds. The fourth-order valence-corrected chi connectivity index (χ4v) is 9.85. The molecule has 0 aliphatic heterocycles. The number of hydrogen-bond acceptors (Lipinski definition) is 5. The molecule has 0 unspecified atom stereocenters. The number of aryl methyl sites for hydroxylation is 7. The summed E-state index contributed by atoms with van der Waals surface area (Å²) >= 11 is 0. The number of allylic oxidation sites excluding steroid dienone is 3. The first-order valence-corrected chi connectivity index (χ1v) is 25.5. The van der Waals surface area contributed by atoms with Gasteiger partial charge in [0, 0.05) is 79.8 Å². The highest BCUT2D eigenvalue weighted by molar-refractivity contribution is 6.12. The molecule has 0 fully saturated rings. The Morgan fingerprint density at radius 3 is 0.907 bits per heavy atom. The third-order valence-corrected chi connectivity index (χ3v) is 13.1. The van der Waals surface area contributed by atoms with Crippen LogP contribution >= 0.6 is 0 Å². The zero-order valence-corrected chi connectivity index (χ0v) is 44.6. The number of rotatable bonds is 15. The van der Waals surface area contributed by atoms with Crippen molar-refractivity contribution in [3.63, 3.8) is 0 Å². The summed E-state index contributed by atoms with van der Waals surface area (Å²) in [6.45, 7) is 18.9. The summed E-state index contributed by atoms with van der Waals surface area (Å²) in [6, 6.07) is 72.1. The summed E-state index contributed by atoms with van der Waals surface area (Å²) in [5.41, 5.74) is 20.7. The van der Waals surface area contributed by atoms with Crippen molar-refractivity contribution in [1.82, 2.24) is 0 Å². The number of carbonyl (C=O) groups is 1. The van der Waals surface area contributed by atoms with Crippen LogP contribution in [-0.4, -0.2) is 5.78 Å². The van der Waals surface area contributed by atoms with Crippen molar-refractivity contribution in [2.24, 2.45) is 0 Å². The molecule has 0 bridgehead atoms. The lowest BCUT2D eigenvalue weighted by Crippen LogP contribution is -2.19. The van der Waals surface area contributed by atoms with Gasteiger partial charge in [-0.2, -0.15) is 0 Å². The van der Waals surface area contributed by atoms with Gasteiger partial charge < -0.3 is 19.6 Å². The number of nitrogens with zero attached hydrogens (tertiary/aromatic N) is 4. The van der Waals surface area contributed by atoms with E-state index in [0.717, 1.165) is 113 Å². The lowest BCUT2D eigenvalue weighted by atomic mass is 9.98. The van der Waals surface area contributed by atoms with Crippen molar-refractivity contribution in [2.75, 3.05) is 19.6 Å². The Balaban J connectivity index is 1.37. The second-order valence-corrected chi connectivity index (χ2v) is 20.0. The predicted molar refractivity (Wildman–Crippen MR) is 318 cm³/mol. The zero-order chi connectivity index (χ0) is 52.8. The summed E-state index contributed by atoms with van der Waals surface area (Å²) in [7, 11) is 0. The topological polar surface area (TPSA) is 30.0 Å². The van der Waals surface area contributed by atoms with Crippen molar-refractivity contribution in [3.8, 4) is 12.3 Å². The Kier molecular flexibility index (Phi) is 15.1. The Morgan fingerprint density at radius 1 is 0.360 bits per heavy atom. The van der Waals surface area contributed by atoms with Gasteiger partial charge in [-0.15, -0.1) is 6.42 Å². The van der Waals surface area contributed by atoms with Crippen LogP contribution in [0.25, 0.3) is 0 Å². The maximum atomic E-state index is 16.4. The van der Waals surface area contributed by atoms with Gasteiger partial charge in [0.15, 0.2) is 5.78 Å². The number of ketones is 1. The van der Waals surface area contributed by atoms with Crippen molar-refractivity contribution in [3.05, 3.63) is 280 Å². The summed E-state index contributed by atoms with van der Waals surface area (Å²) in [6.07, 6.45) is 10.1. The molecule has 5 heteroatoms. The van der Waals surface area contributed by atoms with Gasteiger partial charge >= 0.3 is 0 Å². The molecule has 0 aliphatic rings. The molecule has 370 valence electrons. The van der Waals surface area contributed by atoms with Crippen LogP contribution in [0.1, 0.15) is 68.7 Å². The first-order chi connectivity index (χ1) is 36.2. The quantitative estimate of drug-likeness (QED) is 0.0580. The summed E-state index contributed by atoms with van der Waals surface area (Å²) < 4.78 is 0. The molecule has 0 saturated heterocycles. The Bertz CT molecular complexity index is 3430. The van der Waals surface area contributed by atoms with E-state index < -0.39 is 0 Å². The minimum Gasteiger partial charge on any atom is -0.310 e. The van der Waals surface area contributed by atoms with Crippen LogP contribution < -0.4 is 19.6 Å². The van der Waals surface area contributed by atoms with Gasteiger partial charge in [0.05, 0.1) is 5.70 Å². The van der Waals surface area contributed by atoms with Gasteiger partial charge in [0.1, 0.15) is 0 Å². The van der Waals surface area contributed by atoms with Crippen LogP contribution in [0.3, 0.4) is 0 Å². The van der Waals surface area contributed by atoms with E-state index in [4.69, 9.17) is 6.42 Å². The Labute approximate surface area is 445 Å². The number of terminal acetylenes is 1. The molecule has 0 atom stereocenters. The molecule has 5 nitrogen and oxygen atoms in total. The lowest BCUT2D eigenvalue weighted by molar-refractivity contribution is 0.103. The van der Waals surface area contributed by atoms with Crippen LogP contribution in [0.4, 0.5) is 62.6 Å². The summed E-state index contributed by atoms with van der Waals surface area (Å²) in [5.74, 6) is 2.69. The average Bonchev–Trinajstić information content (AvgIpc) is 3.38. The molecule has 0 heterocycles. The molecule has 75 heavy (non-hydrogen) atoms. The van der Waals surface area contributed by atoms with Gasteiger partial charge in [0.2, 0.25) is 0 Å². The molecule has 0 aliphatic carbocycles. The van der Waals surface area contributed by atoms with E-state index in [1.807, 2.05) is 12.1 Å². The highest BCUT2D eigenvalue weighted by Gasteiger charge is 2.26. The van der Waals surface area contributed by atoms with Crippen LogP contribution in [0.2, 0.25) is 0 Å². The highest BCUT2D eigenvalue weighted by Crippen LogP contribution is 2.45. The van der Waals surface area contributed by atoms with Crippen LogP contribution in [0, 0.1) is 60.8 Å². The molecule has 9 aromatic carbocycles. The van der Waals surface area contributed by atoms with Gasteiger partial charge in [-0.05, 0) is 229 Å². The molecule has 0 saturated carbocycles. The monoisotopic (exact) mass is 977 g/mol. The van der Waals surface area contributed by atoms with Gasteiger partial charge in [-0.25, -0.2) is 0 Å². The predicted octanol–water partition coefficient (Wildman–Crippen LogP) is 19.1. The van der Waals surface area contributed by atoms with E-state index in [1.165, 1.54) is 0 Å². The summed E-state index contributed by atoms with van der Waals surface area (Å²) in [5, 5.41) is 0. The smallest absolute Gasteiger partial charge is 0.193 e. The number of hydrogen-bond donors (Lipinski definition) is 0. The maximum absolute atomic E-state index is 16.4. The number of carbonyl (C=O) groups excluding carboxylic acids is 1. The first kappa shape index (κ1) is 50.8. The molecule has 0 N–H and O–H groups in total. The fourth-order valence-electron chi connectivity index (χ4n) is 9.85. The van der Waals surface area contributed by atoms with E-state index in [0.29, 0.717) is 11.1 Å². The highest BCUT2D eigenvalue weighted by atomic mass is 16.1. The van der Waals surface area contributed by atoms with Crippen molar-refractivity contribution in [2.45, 2.75) is 62.3 Å². The molecular weight excluding hydrogens is 913 g/mol. The second kappa shape index (κ2) is 22.3. The van der Waals surface area contributed by atoms with Crippen LogP contribution in [-0.2, 0) is 0 Å². The van der Waals surface area contributed by atoms with Crippen molar-refractivity contribution >= 4 is 68.3 Å². The first-order valence-electron chi connectivity index (χ1n) is 25.5. The third-order valence-electron chi connectivity index (χ3n) is 13.1. The Morgan fingerprint density at radius 2 is 0.627 bits per heavy atom. The SMILES string of the molecule is C#CC=C(C=C(C)C)N(c1cccc(C)c1)c1cc(C(=O)c2cc(N(c3cccc(C)c3)c3cccc(C)c3)cc(N(c3cccc(C)c3)c3cccc(C)c3)c2)cc(N(c2cccc(C)c2)c2cccc(C)c2)c1. The van der Waals surface area contributed by atoms with E-state index in [-0.39, 0.29) is 5.78 Å². The number of anilines is 11. The van der Waals surface area contributed by atoms with E-state index in [1.54, 1.807) is 6.08 Å². The molecule has 0 radical (unpaired) electrons. The van der Waals surface area contributed by atoms with Gasteiger partial charge in [-0.1, -0.05) is 96.4 Å². The molecular formula is C70H64N4O. The van der Waals surface area contributed by atoms with Gasteiger partial charge in [-0.3, -0.25) is 4.79 Å². The zero-order valence-electron chi connectivity index (χ0n) is 44.6. The average molecular weight is 977 g/mol. The van der Waals surface area contributed by atoms with E-state index >= 15 is 4.79 Å². The fraction of sp³-hybridized carbons (Fsp3) is 0.129. The minimum atomic E-state index is -0.148. The van der Waals surface area contributed by atoms with E-state index in [2.05, 4.69) is 288 Å². The molecule has 0 spiro atoms. The number of benzene rings is 9. The second-order valence-electron chi connectivity index (χ2n) is 20.0. The maximum Gasteiger partial charge on any atom is 0.193 e. The van der Waals surface area contributed by atoms with Crippen LogP contribution in [0.15, 0.2) is 230 Å². The lowest BCUT2D eigenvalue weighted by Gasteiger charge is -2.31.